The third kappa shape index (κ3) is 5.00. The van der Waals surface area contributed by atoms with Crippen LogP contribution in [-0.4, -0.2) is 28.2 Å². The highest BCUT2D eigenvalue weighted by Gasteiger charge is 2.13. The van der Waals surface area contributed by atoms with Gasteiger partial charge in [-0.25, -0.2) is 0 Å². The molecular weight excluding hydrogens is 262 g/mol. The zero-order valence-corrected chi connectivity index (χ0v) is 12.3. The summed E-state index contributed by atoms with van der Waals surface area (Å²) in [6, 6.07) is 5.40. The predicted molar refractivity (Wildman–Crippen MR) is 79.5 cm³/mol. The van der Waals surface area contributed by atoms with E-state index in [1.165, 1.54) is 0 Å². The summed E-state index contributed by atoms with van der Waals surface area (Å²) in [6.45, 7) is 3.83. The lowest BCUT2D eigenvalue weighted by Crippen LogP contribution is -2.34. The van der Waals surface area contributed by atoms with Gasteiger partial charge in [-0.2, -0.15) is 0 Å². The van der Waals surface area contributed by atoms with Crippen LogP contribution in [0.5, 0.6) is 0 Å². The number of nitrogens with two attached hydrogens (primary N) is 1. The molecule has 0 bridgehead atoms. The molecular formula is C13H21N3O2S. The monoisotopic (exact) mass is 283 g/mol. The zero-order valence-electron chi connectivity index (χ0n) is 11.5. The summed E-state index contributed by atoms with van der Waals surface area (Å²) < 4.78 is 11.0. The zero-order chi connectivity index (χ0) is 14.4. The maximum Gasteiger partial charge on any atom is 0.253 e. The van der Waals surface area contributed by atoms with E-state index in [0.29, 0.717) is 23.4 Å². The van der Waals surface area contributed by atoms with E-state index in [0.717, 1.165) is 5.56 Å². The largest absolute Gasteiger partial charge is 0.349 e. The lowest BCUT2D eigenvalue weighted by Gasteiger charge is -2.15. The molecule has 1 amide bonds. The van der Waals surface area contributed by atoms with Crippen molar-refractivity contribution in [2.75, 3.05) is 17.4 Å². The fraction of sp³-hybridized carbons (Fsp3) is 0.462. The average Bonchev–Trinajstić information content (AvgIpc) is 2.35. The van der Waals surface area contributed by atoms with Crippen molar-refractivity contribution in [1.82, 2.24) is 5.32 Å². The molecule has 0 heterocycles. The summed E-state index contributed by atoms with van der Waals surface area (Å²) in [4.78, 5) is 12.1. The van der Waals surface area contributed by atoms with Crippen molar-refractivity contribution in [2.24, 2.45) is 5.84 Å². The van der Waals surface area contributed by atoms with Crippen molar-refractivity contribution in [3.05, 3.63) is 29.3 Å². The number of anilines is 1. The summed E-state index contributed by atoms with van der Waals surface area (Å²) in [7, 11) is -0.838. The van der Waals surface area contributed by atoms with Gasteiger partial charge in [-0.3, -0.25) is 14.8 Å². The van der Waals surface area contributed by atoms with E-state index in [9.17, 15) is 9.00 Å². The molecule has 0 saturated carbocycles. The molecule has 1 aromatic rings. The molecule has 0 aliphatic carbocycles. The van der Waals surface area contributed by atoms with Crippen LogP contribution >= 0.6 is 0 Å². The van der Waals surface area contributed by atoms with Gasteiger partial charge in [0, 0.05) is 28.9 Å². The maximum absolute atomic E-state index is 12.1. The minimum atomic E-state index is -0.838. The van der Waals surface area contributed by atoms with Crippen LogP contribution in [0.1, 0.15) is 29.3 Å². The Morgan fingerprint density at radius 2 is 2.16 bits per heavy atom. The van der Waals surface area contributed by atoms with Crippen LogP contribution in [0.25, 0.3) is 0 Å². The maximum atomic E-state index is 12.1. The number of carbonyl (C=O) groups excluding carboxylic acids is 1. The number of nitrogen functional groups attached to an aromatic ring is 1. The minimum absolute atomic E-state index is 0.0247. The topological polar surface area (TPSA) is 84.2 Å². The Labute approximate surface area is 116 Å². The molecule has 0 aliphatic heterocycles. The van der Waals surface area contributed by atoms with E-state index < -0.39 is 10.8 Å². The first-order valence-electron chi connectivity index (χ1n) is 6.12. The van der Waals surface area contributed by atoms with Crippen molar-refractivity contribution in [2.45, 2.75) is 26.3 Å². The van der Waals surface area contributed by atoms with Crippen molar-refractivity contribution >= 4 is 22.4 Å². The summed E-state index contributed by atoms with van der Waals surface area (Å²) >= 11 is 0. The second-order valence-corrected chi connectivity index (χ2v) is 6.19. The van der Waals surface area contributed by atoms with Gasteiger partial charge in [0.25, 0.3) is 5.91 Å². The molecule has 1 aromatic carbocycles. The van der Waals surface area contributed by atoms with Gasteiger partial charge in [0.15, 0.2) is 0 Å². The second kappa shape index (κ2) is 7.25. The highest BCUT2D eigenvalue weighted by molar-refractivity contribution is 7.84. The number of hydrogen-bond acceptors (Lipinski definition) is 4. The fourth-order valence-electron chi connectivity index (χ4n) is 1.69. The SMILES string of the molecule is Cc1ccc(C(=O)NC(C)CCS(C)=O)c(NN)c1. The molecule has 2 unspecified atom stereocenters. The summed E-state index contributed by atoms with van der Waals surface area (Å²) in [5.74, 6) is 5.82. The molecule has 0 radical (unpaired) electrons. The number of amides is 1. The number of rotatable bonds is 6. The first-order valence-corrected chi connectivity index (χ1v) is 7.85. The van der Waals surface area contributed by atoms with E-state index in [-0.39, 0.29) is 11.9 Å². The molecule has 0 aliphatic rings. The molecule has 0 spiro atoms. The van der Waals surface area contributed by atoms with Crippen LogP contribution in [0.4, 0.5) is 5.69 Å². The third-order valence-electron chi connectivity index (χ3n) is 2.79. The van der Waals surface area contributed by atoms with Crippen LogP contribution in [0.3, 0.4) is 0 Å². The van der Waals surface area contributed by atoms with E-state index in [4.69, 9.17) is 5.84 Å². The van der Waals surface area contributed by atoms with Crippen molar-refractivity contribution < 1.29 is 9.00 Å². The molecule has 6 heteroatoms. The first-order chi connectivity index (χ1) is 8.93. The number of aryl methyl sites for hydroxylation is 1. The van der Waals surface area contributed by atoms with Crippen molar-refractivity contribution in [3.63, 3.8) is 0 Å². The van der Waals surface area contributed by atoms with E-state index in [1.54, 1.807) is 12.3 Å². The normalized spacial score (nSPS) is 13.7. The smallest absolute Gasteiger partial charge is 0.253 e. The quantitative estimate of drug-likeness (QED) is 0.540. The standard InChI is InChI=1S/C13H21N3O2S/c1-9-4-5-11(12(8-9)16-14)13(17)15-10(2)6-7-19(3)18/h4-5,8,10,16H,6-7,14H2,1-3H3,(H,15,17). The predicted octanol–water partition coefficient (Wildman–Crippen LogP) is 1.17. The Hall–Kier alpha value is -1.40. The molecule has 0 saturated heterocycles. The summed E-state index contributed by atoms with van der Waals surface area (Å²) in [5, 5.41) is 2.88. The lowest BCUT2D eigenvalue weighted by atomic mass is 10.1. The lowest BCUT2D eigenvalue weighted by molar-refractivity contribution is 0.0940. The number of hydrazine groups is 1. The van der Waals surface area contributed by atoms with Gasteiger partial charge >= 0.3 is 0 Å². The van der Waals surface area contributed by atoms with E-state index >= 15 is 0 Å². The molecule has 5 nitrogen and oxygen atoms in total. The van der Waals surface area contributed by atoms with Crippen LogP contribution < -0.4 is 16.6 Å². The van der Waals surface area contributed by atoms with Gasteiger partial charge in [-0.05, 0) is 38.0 Å². The molecule has 2 atom stereocenters. The van der Waals surface area contributed by atoms with Gasteiger partial charge < -0.3 is 10.7 Å². The van der Waals surface area contributed by atoms with Crippen LogP contribution in [0.15, 0.2) is 18.2 Å². The van der Waals surface area contributed by atoms with Crippen molar-refractivity contribution in [1.29, 1.82) is 0 Å². The highest BCUT2D eigenvalue weighted by atomic mass is 32.2. The van der Waals surface area contributed by atoms with Gasteiger partial charge in [0.1, 0.15) is 0 Å². The fourth-order valence-corrected chi connectivity index (χ4v) is 2.38. The highest BCUT2D eigenvalue weighted by Crippen LogP contribution is 2.16. The Balaban J connectivity index is 2.70. The molecule has 19 heavy (non-hydrogen) atoms. The number of carbonyl (C=O) groups is 1. The van der Waals surface area contributed by atoms with Gasteiger partial charge in [-0.15, -0.1) is 0 Å². The number of nitrogens with one attached hydrogen (secondary N) is 2. The average molecular weight is 283 g/mol. The van der Waals surface area contributed by atoms with Gasteiger partial charge in [0.2, 0.25) is 0 Å². The number of benzene rings is 1. The second-order valence-electron chi connectivity index (χ2n) is 4.63. The Kier molecular flexibility index (Phi) is 5.98. The van der Waals surface area contributed by atoms with Crippen LogP contribution in [0, 0.1) is 6.92 Å². The van der Waals surface area contributed by atoms with Gasteiger partial charge in [0.05, 0.1) is 11.3 Å². The third-order valence-corrected chi connectivity index (χ3v) is 3.60. The van der Waals surface area contributed by atoms with E-state index in [1.807, 2.05) is 26.0 Å². The molecule has 0 aromatic heterocycles. The molecule has 0 fully saturated rings. The first kappa shape index (κ1) is 15.7. The molecule has 106 valence electrons. The number of hydrogen-bond donors (Lipinski definition) is 3. The van der Waals surface area contributed by atoms with Gasteiger partial charge in [-0.1, -0.05) is 6.07 Å². The minimum Gasteiger partial charge on any atom is -0.349 e. The van der Waals surface area contributed by atoms with Crippen LogP contribution in [-0.2, 0) is 10.8 Å². The van der Waals surface area contributed by atoms with Crippen LogP contribution in [0.2, 0.25) is 0 Å². The molecule has 4 N–H and O–H groups in total. The molecule has 1 rings (SSSR count). The Morgan fingerprint density at radius 3 is 2.74 bits per heavy atom. The van der Waals surface area contributed by atoms with Crippen molar-refractivity contribution in [3.8, 4) is 0 Å². The summed E-state index contributed by atoms with van der Waals surface area (Å²) in [5.41, 5.74) is 4.67. The Bertz CT molecular complexity index is 477. The Morgan fingerprint density at radius 1 is 1.47 bits per heavy atom. The van der Waals surface area contributed by atoms with E-state index in [2.05, 4.69) is 10.7 Å². The summed E-state index contributed by atoms with van der Waals surface area (Å²) in [6.07, 6.45) is 2.34.